The lowest BCUT2D eigenvalue weighted by Crippen LogP contribution is -2.39. The maximum atomic E-state index is 4.58. The molecule has 2 aromatic rings. The van der Waals surface area contributed by atoms with Crippen LogP contribution in [0.25, 0.3) is 0 Å². The highest BCUT2D eigenvalue weighted by atomic mass is 127. The molecule has 2 heterocycles. The number of aliphatic imine (C=N–C) groups is 1. The number of nitrogens with one attached hydrogen (secondary N) is 1. The van der Waals surface area contributed by atoms with Crippen molar-refractivity contribution >= 4 is 29.9 Å². The van der Waals surface area contributed by atoms with E-state index in [2.05, 4.69) is 58.5 Å². The zero-order chi connectivity index (χ0) is 18.4. The van der Waals surface area contributed by atoms with Gasteiger partial charge in [-0.05, 0) is 30.9 Å². The highest BCUT2D eigenvalue weighted by molar-refractivity contribution is 14.0. The predicted molar refractivity (Wildman–Crippen MR) is 118 cm³/mol. The van der Waals surface area contributed by atoms with Crippen molar-refractivity contribution in [2.24, 2.45) is 12.0 Å². The van der Waals surface area contributed by atoms with Crippen LogP contribution in [0.3, 0.4) is 0 Å². The maximum Gasteiger partial charge on any atom is 0.193 e. The van der Waals surface area contributed by atoms with Gasteiger partial charge in [0.25, 0.3) is 0 Å². The summed E-state index contributed by atoms with van der Waals surface area (Å²) >= 11 is 0. The molecule has 0 unspecified atom stereocenters. The number of aryl methyl sites for hydroxylation is 2. The molecule has 0 saturated carbocycles. The fourth-order valence-electron chi connectivity index (χ4n) is 2.84. The van der Waals surface area contributed by atoms with Gasteiger partial charge in [-0.2, -0.15) is 5.10 Å². The molecule has 0 saturated heterocycles. The van der Waals surface area contributed by atoms with Crippen LogP contribution in [0.1, 0.15) is 42.3 Å². The third-order valence-corrected chi connectivity index (χ3v) is 4.13. The van der Waals surface area contributed by atoms with E-state index in [-0.39, 0.29) is 24.0 Å². The fraction of sp³-hybridized carbons (Fsp3) is 0.526. The monoisotopic (exact) mass is 470 g/mol. The first-order valence-corrected chi connectivity index (χ1v) is 8.76. The van der Waals surface area contributed by atoms with Gasteiger partial charge in [0.1, 0.15) is 0 Å². The Kier molecular flexibility index (Phi) is 9.04. The van der Waals surface area contributed by atoms with Gasteiger partial charge in [-0.3, -0.25) is 14.7 Å². The van der Waals surface area contributed by atoms with Crippen molar-refractivity contribution in [2.45, 2.75) is 39.7 Å². The highest BCUT2D eigenvalue weighted by Gasteiger charge is 2.14. The highest BCUT2D eigenvalue weighted by Crippen LogP contribution is 2.18. The molecule has 0 bridgehead atoms. The maximum absolute atomic E-state index is 4.58. The van der Waals surface area contributed by atoms with Gasteiger partial charge in [-0.1, -0.05) is 19.9 Å². The Labute approximate surface area is 174 Å². The van der Waals surface area contributed by atoms with Gasteiger partial charge in [0, 0.05) is 57.9 Å². The summed E-state index contributed by atoms with van der Waals surface area (Å²) in [6.07, 6.45) is 4.95. The van der Waals surface area contributed by atoms with Crippen LogP contribution < -0.4 is 5.32 Å². The Morgan fingerprint density at radius 3 is 2.65 bits per heavy atom. The van der Waals surface area contributed by atoms with Gasteiger partial charge in [0.2, 0.25) is 0 Å². The van der Waals surface area contributed by atoms with Gasteiger partial charge in [-0.25, -0.2) is 0 Å². The molecular formula is C19H31IN6. The molecule has 1 N–H and O–H groups in total. The molecule has 0 atom stereocenters. The molecule has 0 amide bonds. The number of halogens is 1. The SMILES string of the molecule is CN=C(NCCc1ccc(C)nc1)N(C)Cc1cn(C)nc1C(C)C.I. The molecule has 0 aliphatic carbocycles. The Morgan fingerprint density at radius 2 is 2.08 bits per heavy atom. The van der Waals surface area contributed by atoms with Crippen molar-refractivity contribution in [3.05, 3.63) is 47.0 Å². The van der Waals surface area contributed by atoms with Gasteiger partial charge < -0.3 is 10.2 Å². The minimum Gasteiger partial charge on any atom is -0.356 e. The van der Waals surface area contributed by atoms with E-state index in [0.29, 0.717) is 5.92 Å². The molecular weight excluding hydrogens is 439 g/mol. The second kappa shape index (κ2) is 10.5. The lowest BCUT2D eigenvalue weighted by Gasteiger charge is -2.22. The Bertz CT molecular complexity index is 705. The lowest BCUT2D eigenvalue weighted by molar-refractivity contribution is 0.474. The molecule has 144 valence electrons. The van der Waals surface area contributed by atoms with Crippen molar-refractivity contribution in [1.82, 2.24) is 25.0 Å². The van der Waals surface area contributed by atoms with E-state index in [0.717, 1.165) is 36.9 Å². The predicted octanol–water partition coefficient (Wildman–Crippen LogP) is 3.11. The molecule has 0 spiro atoms. The molecule has 0 aliphatic rings. The standard InChI is InChI=1S/C19H30N6.HI/c1-14(2)18-17(13-25(6)23-18)12-24(5)19(20-4)21-10-9-16-8-7-15(3)22-11-16;/h7-8,11,13-14H,9-10,12H2,1-6H3,(H,20,21);1H. The van der Waals surface area contributed by atoms with E-state index >= 15 is 0 Å². The van der Waals surface area contributed by atoms with Crippen molar-refractivity contribution in [3.63, 3.8) is 0 Å². The zero-order valence-corrected chi connectivity index (χ0v) is 19.0. The van der Waals surface area contributed by atoms with E-state index in [9.17, 15) is 0 Å². The van der Waals surface area contributed by atoms with Crippen molar-refractivity contribution in [1.29, 1.82) is 0 Å². The van der Waals surface area contributed by atoms with Gasteiger partial charge in [-0.15, -0.1) is 24.0 Å². The average Bonchev–Trinajstić information content (AvgIpc) is 2.94. The number of aromatic nitrogens is 3. The van der Waals surface area contributed by atoms with Gasteiger partial charge in [0.15, 0.2) is 5.96 Å². The van der Waals surface area contributed by atoms with Gasteiger partial charge in [0.05, 0.1) is 5.69 Å². The molecule has 26 heavy (non-hydrogen) atoms. The van der Waals surface area contributed by atoms with Crippen LogP contribution >= 0.6 is 24.0 Å². The minimum absolute atomic E-state index is 0. The number of rotatable bonds is 6. The average molecular weight is 470 g/mol. The summed E-state index contributed by atoms with van der Waals surface area (Å²) in [5, 5.41) is 8.01. The second-order valence-corrected chi connectivity index (χ2v) is 6.76. The van der Waals surface area contributed by atoms with E-state index in [1.165, 1.54) is 11.1 Å². The summed E-state index contributed by atoms with van der Waals surface area (Å²) in [5.41, 5.74) is 4.66. The molecule has 0 aromatic carbocycles. The first-order chi connectivity index (χ1) is 11.9. The van der Waals surface area contributed by atoms with Crippen LogP contribution in [0.4, 0.5) is 0 Å². The first kappa shape index (κ1) is 22.4. The summed E-state index contributed by atoms with van der Waals surface area (Å²) < 4.78 is 1.89. The number of hydrogen-bond donors (Lipinski definition) is 1. The Balaban J connectivity index is 0.00000338. The quantitative estimate of drug-likeness (QED) is 0.401. The van der Waals surface area contributed by atoms with Gasteiger partial charge >= 0.3 is 0 Å². The van der Waals surface area contributed by atoms with E-state index in [1.54, 1.807) is 0 Å². The number of nitrogens with zero attached hydrogens (tertiary/aromatic N) is 5. The summed E-state index contributed by atoms with van der Waals surface area (Å²) in [7, 11) is 5.84. The second-order valence-electron chi connectivity index (χ2n) is 6.76. The molecule has 7 heteroatoms. The summed E-state index contributed by atoms with van der Waals surface area (Å²) in [5.74, 6) is 1.30. The smallest absolute Gasteiger partial charge is 0.193 e. The summed E-state index contributed by atoms with van der Waals surface area (Å²) in [6.45, 7) is 7.96. The van der Waals surface area contributed by atoms with Crippen molar-refractivity contribution in [2.75, 3.05) is 20.6 Å². The number of guanidine groups is 1. The van der Waals surface area contributed by atoms with Crippen LogP contribution in [0.15, 0.2) is 29.5 Å². The van der Waals surface area contributed by atoms with E-state index in [4.69, 9.17) is 0 Å². The largest absolute Gasteiger partial charge is 0.356 e. The van der Waals surface area contributed by atoms with Crippen LogP contribution in [0.2, 0.25) is 0 Å². The van der Waals surface area contributed by atoms with Crippen LogP contribution in [0, 0.1) is 6.92 Å². The lowest BCUT2D eigenvalue weighted by atomic mass is 10.1. The third-order valence-electron chi connectivity index (χ3n) is 4.13. The van der Waals surface area contributed by atoms with E-state index in [1.807, 2.05) is 38.0 Å². The molecule has 2 rings (SSSR count). The van der Waals surface area contributed by atoms with Crippen molar-refractivity contribution < 1.29 is 0 Å². The third kappa shape index (κ3) is 6.26. The Morgan fingerprint density at radius 1 is 1.35 bits per heavy atom. The zero-order valence-electron chi connectivity index (χ0n) is 16.7. The minimum atomic E-state index is 0. The Hall–Kier alpha value is -1.64. The summed E-state index contributed by atoms with van der Waals surface area (Å²) in [4.78, 5) is 10.9. The number of pyridine rings is 1. The van der Waals surface area contributed by atoms with E-state index < -0.39 is 0 Å². The van der Waals surface area contributed by atoms with Crippen molar-refractivity contribution in [3.8, 4) is 0 Å². The van der Waals surface area contributed by atoms with Crippen LogP contribution in [-0.2, 0) is 20.0 Å². The first-order valence-electron chi connectivity index (χ1n) is 8.76. The molecule has 0 aliphatic heterocycles. The molecule has 2 aromatic heterocycles. The fourth-order valence-corrected chi connectivity index (χ4v) is 2.84. The molecule has 6 nitrogen and oxygen atoms in total. The molecule has 0 fully saturated rings. The number of hydrogen-bond acceptors (Lipinski definition) is 3. The normalized spacial score (nSPS) is 11.4. The summed E-state index contributed by atoms with van der Waals surface area (Å²) in [6, 6.07) is 4.17. The molecule has 0 radical (unpaired) electrons. The van der Waals surface area contributed by atoms with Crippen LogP contribution in [0.5, 0.6) is 0 Å². The topological polar surface area (TPSA) is 58.3 Å². The van der Waals surface area contributed by atoms with Crippen LogP contribution in [-0.4, -0.2) is 46.3 Å².